The number of rotatable bonds is 5. The summed E-state index contributed by atoms with van der Waals surface area (Å²) in [4.78, 5) is 26.8. The third-order valence-electron chi connectivity index (χ3n) is 4.32. The number of aromatic nitrogens is 2. The lowest BCUT2D eigenvalue weighted by atomic mass is 10.2. The van der Waals surface area contributed by atoms with Crippen LogP contribution in [-0.2, 0) is 16.1 Å². The summed E-state index contributed by atoms with van der Waals surface area (Å²) in [7, 11) is 0. The van der Waals surface area contributed by atoms with E-state index in [2.05, 4.69) is 22.2 Å². The fourth-order valence-corrected chi connectivity index (χ4v) is 2.84. The molecule has 2 aromatic rings. The van der Waals surface area contributed by atoms with Crippen LogP contribution in [0, 0.1) is 0 Å². The van der Waals surface area contributed by atoms with Crippen molar-refractivity contribution < 1.29 is 9.53 Å². The van der Waals surface area contributed by atoms with Gasteiger partial charge in [0.25, 0.3) is 5.56 Å². The molecule has 2 heterocycles. The van der Waals surface area contributed by atoms with Gasteiger partial charge in [0.15, 0.2) is 0 Å². The van der Waals surface area contributed by atoms with Crippen molar-refractivity contribution in [3.05, 3.63) is 40.8 Å². The van der Waals surface area contributed by atoms with Crippen molar-refractivity contribution in [3.63, 3.8) is 0 Å². The van der Waals surface area contributed by atoms with Gasteiger partial charge < -0.3 is 10.1 Å². The average Bonchev–Trinajstić information content (AvgIpc) is 2.63. The molecule has 1 aliphatic heterocycles. The highest BCUT2D eigenvalue weighted by molar-refractivity contribution is 5.81. The Kier molecular flexibility index (Phi) is 5.22. The molecule has 24 heavy (non-hydrogen) atoms. The molecule has 1 saturated heterocycles. The van der Waals surface area contributed by atoms with Crippen LogP contribution in [0.4, 0.5) is 0 Å². The van der Waals surface area contributed by atoms with E-state index in [-0.39, 0.29) is 24.1 Å². The van der Waals surface area contributed by atoms with Gasteiger partial charge in [-0.15, -0.1) is 0 Å². The topological polar surface area (TPSA) is 76.5 Å². The first-order chi connectivity index (χ1) is 11.6. The summed E-state index contributed by atoms with van der Waals surface area (Å²) in [5.74, 6) is -0.208. The normalized spacial score (nSPS) is 16.9. The third-order valence-corrected chi connectivity index (χ3v) is 4.32. The maximum atomic E-state index is 12.3. The van der Waals surface area contributed by atoms with E-state index in [1.165, 1.54) is 4.68 Å². The number of carbonyl (C=O) groups excluding carboxylic acids is 1. The van der Waals surface area contributed by atoms with Crippen LogP contribution in [-0.4, -0.2) is 59.5 Å². The predicted molar refractivity (Wildman–Crippen MR) is 90.9 cm³/mol. The van der Waals surface area contributed by atoms with Crippen LogP contribution in [0.25, 0.3) is 10.8 Å². The molecule has 7 heteroatoms. The maximum absolute atomic E-state index is 12.3. The van der Waals surface area contributed by atoms with Crippen LogP contribution < -0.4 is 10.9 Å². The number of hydrogen-bond donors (Lipinski definition) is 1. The second-order valence-electron chi connectivity index (χ2n) is 6.00. The SMILES string of the molecule is C[C@@H](CNC(=O)Cn1ncc2ccccc2c1=O)N1CCOCC1. The molecule has 1 aromatic carbocycles. The number of nitrogens with zero attached hydrogens (tertiary/aromatic N) is 3. The molecule has 7 nitrogen and oxygen atoms in total. The number of nitrogens with one attached hydrogen (secondary N) is 1. The van der Waals surface area contributed by atoms with Crippen molar-refractivity contribution >= 4 is 16.7 Å². The molecule has 1 N–H and O–H groups in total. The zero-order valence-corrected chi connectivity index (χ0v) is 13.8. The second-order valence-corrected chi connectivity index (χ2v) is 6.00. The monoisotopic (exact) mass is 330 g/mol. The third kappa shape index (κ3) is 3.80. The maximum Gasteiger partial charge on any atom is 0.275 e. The molecule has 0 saturated carbocycles. The fraction of sp³-hybridized carbons (Fsp3) is 0.471. The highest BCUT2D eigenvalue weighted by Crippen LogP contribution is 2.06. The summed E-state index contributed by atoms with van der Waals surface area (Å²) < 4.78 is 6.53. The number of fused-ring (bicyclic) bond motifs is 1. The molecular weight excluding hydrogens is 308 g/mol. The molecule has 0 bridgehead atoms. The minimum Gasteiger partial charge on any atom is -0.379 e. The minimum absolute atomic E-state index is 0.0699. The first-order valence-electron chi connectivity index (χ1n) is 8.18. The van der Waals surface area contributed by atoms with E-state index in [4.69, 9.17) is 4.74 Å². The molecule has 128 valence electrons. The van der Waals surface area contributed by atoms with Crippen LogP contribution in [0.1, 0.15) is 6.92 Å². The molecule has 1 fully saturated rings. The number of benzene rings is 1. The van der Waals surface area contributed by atoms with E-state index in [0.717, 1.165) is 31.7 Å². The van der Waals surface area contributed by atoms with Gasteiger partial charge in [0, 0.05) is 31.1 Å². The fourth-order valence-electron chi connectivity index (χ4n) is 2.84. The lowest BCUT2D eigenvalue weighted by molar-refractivity contribution is -0.122. The molecule has 3 rings (SSSR count). The van der Waals surface area contributed by atoms with Crippen LogP contribution >= 0.6 is 0 Å². The Morgan fingerprint density at radius 3 is 2.88 bits per heavy atom. The minimum atomic E-state index is -0.246. The molecule has 0 radical (unpaired) electrons. The van der Waals surface area contributed by atoms with Gasteiger partial charge in [-0.05, 0) is 13.0 Å². The number of ether oxygens (including phenoxy) is 1. The highest BCUT2D eigenvalue weighted by Gasteiger charge is 2.17. The van der Waals surface area contributed by atoms with Gasteiger partial charge in [-0.2, -0.15) is 5.10 Å². The summed E-state index contributed by atoms with van der Waals surface area (Å²) in [5, 5.41) is 8.31. The Labute approximate surface area is 140 Å². The van der Waals surface area contributed by atoms with Crippen molar-refractivity contribution in [2.24, 2.45) is 0 Å². The first-order valence-corrected chi connectivity index (χ1v) is 8.18. The summed E-state index contributed by atoms with van der Waals surface area (Å²) in [5.41, 5.74) is -0.246. The van der Waals surface area contributed by atoms with Gasteiger partial charge >= 0.3 is 0 Å². The molecule has 0 unspecified atom stereocenters. The van der Waals surface area contributed by atoms with E-state index >= 15 is 0 Å². The van der Waals surface area contributed by atoms with Gasteiger partial charge in [0.2, 0.25) is 5.91 Å². The number of hydrogen-bond acceptors (Lipinski definition) is 5. The average molecular weight is 330 g/mol. The van der Waals surface area contributed by atoms with Crippen molar-refractivity contribution in [2.75, 3.05) is 32.8 Å². The second kappa shape index (κ2) is 7.55. The van der Waals surface area contributed by atoms with Gasteiger partial charge in [-0.3, -0.25) is 14.5 Å². The molecule has 1 aromatic heterocycles. The number of morpholine rings is 1. The lowest BCUT2D eigenvalue weighted by Gasteiger charge is -2.32. The zero-order chi connectivity index (χ0) is 16.9. The number of amides is 1. The Morgan fingerprint density at radius 2 is 2.08 bits per heavy atom. The van der Waals surface area contributed by atoms with Crippen LogP contribution in [0.3, 0.4) is 0 Å². The molecule has 0 spiro atoms. The smallest absolute Gasteiger partial charge is 0.275 e. The van der Waals surface area contributed by atoms with Crippen molar-refractivity contribution in [2.45, 2.75) is 19.5 Å². The van der Waals surface area contributed by atoms with E-state index < -0.39 is 0 Å². The van der Waals surface area contributed by atoms with Gasteiger partial charge in [0.1, 0.15) is 6.54 Å². The van der Waals surface area contributed by atoms with E-state index in [9.17, 15) is 9.59 Å². The zero-order valence-electron chi connectivity index (χ0n) is 13.8. The van der Waals surface area contributed by atoms with Crippen LogP contribution in [0.2, 0.25) is 0 Å². The lowest BCUT2D eigenvalue weighted by Crippen LogP contribution is -2.48. The van der Waals surface area contributed by atoms with E-state index in [0.29, 0.717) is 11.9 Å². The van der Waals surface area contributed by atoms with E-state index in [1.807, 2.05) is 12.1 Å². The molecule has 1 aliphatic rings. The Bertz CT molecular complexity index is 768. The summed E-state index contributed by atoms with van der Waals surface area (Å²) in [6.07, 6.45) is 1.61. The Morgan fingerprint density at radius 1 is 1.33 bits per heavy atom. The summed E-state index contributed by atoms with van der Waals surface area (Å²) >= 11 is 0. The predicted octanol–water partition coefficient (Wildman–Crippen LogP) is 0.233. The van der Waals surface area contributed by atoms with Crippen molar-refractivity contribution in [1.82, 2.24) is 20.0 Å². The van der Waals surface area contributed by atoms with Gasteiger partial charge in [-0.1, -0.05) is 18.2 Å². The molecule has 1 atom stereocenters. The van der Waals surface area contributed by atoms with Crippen molar-refractivity contribution in [3.8, 4) is 0 Å². The van der Waals surface area contributed by atoms with E-state index in [1.54, 1.807) is 18.3 Å². The summed E-state index contributed by atoms with van der Waals surface area (Å²) in [6.45, 7) is 5.77. The quantitative estimate of drug-likeness (QED) is 0.849. The molecular formula is C17H22N4O3. The van der Waals surface area contributed by atoms with Crippen LogP contribution in [0.5, 0.6) is 0 Å². The first kappa shape index (κ1) is 16.6. The van der Waals surface area contributed by atoms with Crippen LogP contribution in [0.15, 0.2) is 35.3 Å². The summed E-state index contributed by atoms with van der Waals surface area (Å²) in [6, 6.07) is 7.47. The highest BCUT2D eigenvalue weighted by atomic mass is 16.5. The van der Waals surface area contributed by atoms with Gasteiger partial charge in [-0.25, -0.2) is 4.68 Å². The standard InChI is InChI=1S/C17H22N4O3/c1-13(20-6-8-24-9-7-20)10-18-16(22)12-21-17(23)15-5-3-2-4-14(15)11-19-21/h2-5,11,13H,6-10,12H2,1H3,(H,18,22)/t13-/m0/s1. The Balaban J connectivity index is 1.59. The Hall–Kier alpha value is -2.25. The molecule has 1 amide bonds. The van der Waals surface area contributed by atoms with Gasteiger partial charge in [0.05, 0.1) is 24.8 Å². The number of carbonyl (C=O) groups is 1. The largest absolute Gasteiger partial charge is 0.379 e. The van der Waals surface area contributed by atoms with Crippen molar-refractivity contribution in [1.29, 1.82) is 0 Å². The molecule has 0 aliphatic carbocycles.